The summed E-state index contributed by atoms with van der Waals surface area (Å²) in [5, 5.41) is 10.3. The van der Waals surface area contributed by atoms with Crippen molar-refractivity contribution in [1.82, 2.24) is 4.90 Å². The summed E-state index contributed by atoms with van der Waals surface area (Å²) in [4.78, 5) is 14.9. The number of phenols is 1. The van der Waals surface area contributed by atoms with Crippen LogP contribution in [0.1, 0.15) is 17.5 Å². The number of ether oxygens (including phenoxy) is 2. The van der Waals surface area contributed by atoms with Gasteiger partial charge in [-0.1, -0.05) is 6.07 Å². The maximum Gasteiger partial charge on any atom is 0.196 e. The number of hydrogen-bond donors (Lipinski definition) is 1. The van der Waals surface area contributed by atoms with Crippen molar-refractivity contribution in [3.05, 3.63) is 35.4 Å². The third kappa shape index (κ3) is 0.921. The van der Waals surface area contributed by atoms with Crippen molar-refractivity contribution < 1.29 is 19.4 Å². The summed E-state index contributed by atoms with van der Waals surface area (Å²) < 4.78 is 12.3. The molecule has 112 valence electrons. The van der Waals surface area contributed by atoms with Crippen molar-refractivity contribution in [2.24, 2.45) is 0 Å². The number of piperidine rings is 1. The van der Waals surface area contributed by atoms with Crippen molar-refractivity contribution in [3.63, 3.8) is 0 Å². The van der Waals surface area contributed by atoms with E-state index >= 15 is 0 Å². The first kappa shape index (κ1) is 11.7. The summed E-state index contributed by atoms with van der Waals surface area (Å²) >= 11 is 0. The number of carbonyl (C=O) groups is 1. The summed E-state index contributed by atoms with van der Waals surface area (Å²) in [7, 11) is 0. The van der Waals surface area contributed by atoms with Crippen LogP contribution < -0.4 is 4.74 Å². The minimum absolute atomic E-state index is 0.0169. The summed E-state index contributed by atoms with van der Waals surface area (Å²) in [5.41, 5.74) is 1.25. The van der Waals surface area contributed by atoms with Crippen LogP contribution in [0.3, 0.4) is 0 Å². The molecule has 0 radical (unpaired) electrons. The maximum absolute atomic E-state index is 12.5. The molecular weight excluding hydrogens is 282 g/mol. The average Bonchev–Trinajstić information content (AvgIpc) is 2.97. The van der Waals surface area contributed by atoms with Crippen LogP contribution in [-0.2, 0) is 21.4 Å². The van der Waals surface area contributed by atoms with Crippen molar-refractivity contribution in [2.45, 2.75) is 36.0 Å². The molecule has 3 aliphatic heterocycles. The molecule has 2 aliphatic carbocycles. The van der Waals surface area contributed by atoms with Crippen LogP contribution in [0.4, 0.5) is 0 Å². The quantitative estimate of drug-likeness (QED) is 0.770. The third-order valence-electron chi connectivity index (χ3n) is 6.42. The number of ketones is 1. The van der Waals surface area contributed by atoms with E-state index in [9.17, 15) is 9.90 Å². The summed E-state index contributed by atoms with van der Waals surface area (Å²) in [6.45, 7) is 1.51. The van der Waals surface area contributed by atoms with Crippen molar-refractivity contribution in [1.29, 1.82) is 0 Å². The first-order valence-corrected chi connectivity index (χ1v) is 7.80. The molecule has 3 heterocycles. The van der Waals surface area contributed by atoms with Gasteiger partial charge in [-0.25, -0.2) is 0 Å². The Balaban J connectivity index is 1.78. The number of hydrogen-bond acceptors (Lipinski definition) is 5. The molecule has 4 bridgehead atoms. The van der Waals surface area contributed by atoms with Crippen LogP contribution in [0.2, 0.25) is 0 Å². The van der Waals surface area contributed by atoms with Gasteiger partial charge in [-0.05, 0) is 36.6 Å². The molecule has 1 aromatic carbocycles. The first-order chi connectivity index (χ1) is 10.7. The van der Waals surface area contributed by atoms with Gasteiger partial charge < -0.3 is 14.6 Å². The molecule has 2 unspecified atom stereocenters. The predicted octanol–water partition coefficient (Wildman–Crippen LogP) is 0.887. The van der Waals surface area contributed by atoms with E-state index < -0.39 is 17.1 Å². The van der Waals surface area contributed by atoms with Crippen LogP contribution in [0.5, 0.6) is 11.5 Å². The van der Waals surface area contributed by atoms with Gasteiger partial charge in [-0.3, -0.25) is 9.69 Å². The number of carbonyl (C=O) groups excluding carboxylic acids is 1. The molecule has 0 aromatic heterocycles. The summed E-state index contributed by atoms with van der Waals surface area (Å²) in [6, 6.07) is 3.92. The Morgan fingerprint density at radius 2 is 2.27 bits per heavy atom. The second-order valence-corrected chi connectivity index (χ2v) is 7.00. The van der Waals surface area contributed by atoms with Gasteiger partial charge in [0.05, 0.1) is 5.41 Å². The lowest BCUT2D eigenvalue weighted by atomic mass is 9.51. The third-order valence-corrected chi connectivity index (χ3v) is 6.42. The molecule has 6 rings (SSSR count). The molecular formula is C17H15NO4. The second-order valence-electron chi connectivity index (χ2n) is 7.00. The number of rotatable bonds is 0. The van der Waals surface area contributed by atoms with E-state index in [2.05, 4.69) is 4.90 Å². The number of benzene rings is 1. The SMILES string of the molecule is O=C1C=C[C@]23OCN4CC[C@@]25c2c(ccc(O)c2OC15)C[C@@H]43. The average molecular weight is 297 g/mol. The molecule has 2 spiro atoms. The fourth-order valence-electron chi connectivity index (χ4n) is 5.60. The van der Waals surface area contributed by atoms with E-state index in [1.807, 2.05) is 12.1 Å². The topological polar surface area (TPSA) is 59.0 Å². The fraction of sp³-hybridized carbons (Fsp3) is 0.471. The van der Waals surface area contributed by atoms with Gasteiger partial charge in [-0.2, -0.15) is 0 Å². The van der Waals surface area contributed by atoms with E-state index in [-0.39, 0.29) is 17.6 Å². The zero-order valence-electron chi connectivity index (χ0n) is 11.9. The highest BCUT2D eigenvalue weighted by Gasteiger charge is 2.75. The number of nitrogens with zero attached hydrogens (tertiary/aromatic N) is 1. The van der Waals surface area contributed by atoms with Gasteiger partial charge in [0.15, 0.2) is 23.4 Å². The highest BCUT2D eigenvalue weighted by Crippen LogP contribution is 2.66. The largest absolute Gasteiger partial charge is 0.504 e. The molecule has 0 amide bonds. The Labute approximate surface area is 127 Å². The van der Waals surface area contributed by atoms with E-state index in [4.69, 9.17) is 9.47 Å². The van der Waals surface area contributed by atoms with Gasteiger partial charge in [0.1, 0.15) is 12.3 Å². The Kier molecular flexibility index (Phi) is 1.72. The predicted molar refractivity (Wildman–Crippen MR) is 75.8 cm³/mol. The van der Waals surface area contributed by atoms with Crippen LogP contribution >= 0.6 is 0 Å². The molecule has 0 saturated carbocycles. The minimum Gasteiger partial charge on any atom is -0.504 e. The number of phenolic OH excluding ortho intramolecular Hbond substituents is 1. The second kappa shape index (κ2) is 3.24. The Bertz CT molecular complexity index is 787. The van der Waals surface area contributed by atoms with Crippen LogP contribution in [-0.4, -0.2) is 46.8 Å². The Morgan fingerprint density at radius 3 is 3.18 bits per heavy atom. The zero-order chi connectivity index (χ0) is 14.7. The van der Waals surface area contributed by atoms with Crippen LogP contribution in [0.15, 0.2) is 24.3 Å². The lowest BCUT2D eigenvalue weighted by molar-refractivity contribution is -0.135. The Morgan fingerprint density at radius 1 is 1.36 bits per heavy atom. The van der Waals surface area contributed by atoms with Gasteiger partial charge in [0.2, 0.25) is 0 Å². The smallest absolute Gasteiger partial charge is 0.196 e. The van der Waals surface area contributed by atoms with Crippen molar-refractivity contribution in [2.75, 3.05) is 13.3 Å². The maximum atomic E-state index is 12.5. The lowest BCUT2D eigenvalue weighted by Gasteiger charge is -2.57. The number of aromatic hydroxyl groups is 1. The highest BCUT2D eigenvalue weighted by molar-refractivity contribution is 5.99. The molecule has 2 fully saturated rings. The van der Waals surface area contributed by atoms with Gasteiger partial charge in [-0.15, -0.1) is 0 Å². The normalized spacial score (nSPS) is 45.6. The first-order valence-electron chi connectivity index (χ1n) is 7.80. The van der Waals surface area contributed by atoms with Gasteiger partial charge >= 0.3 is 0 Å². The van der Waals surface area contributed by atoms with E-state index in [0.29, 0.717) is 12.5 Å². The molecule has 5 aliphatic rings. The van der Waals surface area contributed by atoms with Gasteiger partial charge in [0.25, 0.3) is 0 Å². The fourth-order valence-corrected chi connectivity index (χ4v) is 5.60. The molecule has 1 aromatic rings. The van der Waals surface area contributed by atoms with Crippen molar-refractivity contribution in [3.8, 4) is 11.5 Å². The van der Waals surface area contributed by atoms with Crippen LogP contribution in [0, 0.1) is 0 Å². The summed E-state index contributed by atoms with van der Waals surface area (Å²) in [6.07, 6.45) is 4.73. The van der Waals surface area contributed by atoms with Crippen LogP contribution in [0.25, 0.3) is 0 Å². The molecule has 2 saturated heterocycles. The highest BCUT2D eigenvalue weighted by atomic mass is 16.5. The molecule has 22 heavy (non-hydrogen) atoms. The van der Waals surface area contributed by atoms with Gasteiger partial charge in [0, 0.05) is 18.2 Å². The van der Waals surface area contributed by atoms with E-state index in [1.54, 1.807) is 12.1 Å². The minimum atomic E-state index is -0.567. The Hall–Kier alpha value is -1.85. The molecule has 5 atom stereocenters. The summed E-state index contributed by atoms with van der Waals surface area (Å²) in [5.74, 6) is 0.613. The van der Waals surface area contributed by atoms with E-state index in [0.717, 1.165) is 24.9 Å². The van der Waals surface area contributed by atoms with Crippen molar-refractivity contribution >= 4 is 5.78 Å². The standard InChI is InChI=1S/C17H15NO4/c19-10-2-1-9-7-12-17-4-3-11(20)15-16(17,13(9)14(10)22-15)5-6-18(12)8-21-17/h1-4,12,15,19H,5-8H2/t12-,15?,16+,17-/m1/s1. The monoisotopic (exact) mass is 297 g/mol. The zero-order valence-corrected chi connectivity index (χ0v) is 11.9. The lowest BCUT2D eigenvalue weighted by Crippen LogP contribution is -2.71. The van der Waals surface area contributed by atoms with E-state index in [1.165, 1.54) is 5.56 Å². The molecule has 5 heteroatoms. The molecule has 5 nitrogen and oxygen atoms in total. The molecule has 1 N–H and O–H groups in total.